The SMILES string of the molecule is CNC(C)CCc1ccc(OCCn2ccnc2C)cc1. The number of hydrogen-bond acceptors (Lipinski definition) is 3. The van der Waals surface area contributed by atoms with E-state index in [1.54, 1.807) is 0 Å². The molecule has 1 heterocycles. The normalized spacial score (nSPS) is 12.3. The molecular formula is C17H25N3O. The zero-order valence-corrected chi connectivity index (χ0v) is 13.2. The molecule has 2 aromatic rings. The molecule has 21 heavy (non-hydrogen) atoms. The van der Waals surface area contributed by atoms with E-state index in [4.69, 9.17) is 4.74 Å². The fourth-order valence-electron chi connectivity index (χ4n) is 2.18. The largest absolute Gasteiger partial charge is 0.492 e. The Bertz CT molecular complexity index is 533. The van der Waals surface area contributed by atoms with Crippen LogP contribution in [0.1, 0.15) is 24.7 Å². The van der Waals surface area contributed by atoms with Gasteiger partial charge in [-0.25, -0.2) is 4.98 Å². The minimum Gasteiger partial charge on any atom is -0.492 e. The second-order valence-corrected chi connectivity index (χ2v) is 5.39. The number of nitrogens with one attached hydrogen (secondary N) is 1. The van der Waals surface area contributed by atoms with Gasteiger partial charge < -0.3 is 14.6 Å². The lowest BCUT2D eigenvalue weighted by molar-refractivity contribution is 0.297. The van der Waals surface area contributed by atoms with E-state index in [1.807, 2.05) is 26.4 Å². The van der Waals surface area contributed by atoms with E-state index in [1.165, 1.54) is 5.56 Å². The van der Waals surface area contributed by atoms with E-state index in [0.29, 0.717) is 12.6 Å². The van der Waals surface area contributed by atoms with Gasteiger partial charge >= 0.3 is 0 Å². The molecule has 0 bridgehead atoms. The van der Waals surface area contributed by atoms with Crippen molar-refractivity contribution < 1.29 is 4.74 Å². The number of aromatic nitrogens is 2. The molecule has 0 amide bonds. The van der Waals surface area contributed by atoms with Gasteiger partial charge in [0.25, 0.3) is 0 Å². The van der Waals surface area contributed by atoms with Crippen LogP contribution >= 0.6 is 0 Å². The van der Waals surface area contributed by atoms with Gasteiger partial charge in [0.1, 0.15) is 18.2 Å². The van der Waals surface area contributed by atoms with Crippen molar-refractivity contribution in [1.29, 1.82) is 0 Å². The van der Waals surface area contributed by atoms with Crippen LogP contribution in [0.5, 0.6) is 5.75 Å². The zero-order chi connectivity index (χ0) is 15.1. The lowest BCUT2D eigenvalue weighted by atomic mass is 10.1. The fourth-order valence-corrected chi connectivity index (χ4v) is 2.18. The molecule has 0 spiro atoms. The zero-order valence-electron chi connectivity index (χ0n) is 13.2. The van der Waals surface area contributed by atoms with Crippen molar-refractivity contribution in [1.82, 2.24) is 14.9 Å². The molecule has 4 nitrogen and oxygen atoms in total. The van der Waals surface area contributed by atoms with Crippen LogP contribution in [0.25, 0.3) is 0 Å². The first-order chi connectivity index (χ1) is 10.2. The Morgan fingerprint density at radius 3 is 2.67 bits per heavy atom. The maximum atomic E-state index is 5.78. The molecule has 0 aliphatic rings. The summed E-state index contributed by atoms with van der Waals surface area (Å²) < 4.78 is 7.87. The summed E-state index contributed by atoms with van der Waals surface area (Å²) >= 11 is 0. The summed E-state index contributed by atoms with van der Waals surface area (Å²) in [4.78, 5) is 4.20. The van der Waals surface area contributed by atoms with Gasteiger partial charge in [-0.15, -0.1) is 0 Å². The van der Waals surface area contributed by atoms with Gasteiger partial charge in [0, 0.05) is 18.4 Å². The summed E-state index contributed by atoms with van der Waals surface area (Å²) in [5, 5.41) is 3.26. The highest BCUT2D eigenvalue weighted by Gasteiger charge is 2.01. The van der Waals surface area contributed by atoms with E-state index in [0.717, 1.165) is 31.0 Å². The van der Waals surface area contributed by atoms with Gasteiger partial charge in [0.15, 0.2) is 0 Å². The van der Waals surface area contributed by atoms with Gasteiger partial charge in [-0.05, 0) is 51.4 Å². The Kier molecular flexibility index (Phi) is 5.81. The van der Waals surface area contributed by atoms with Crippen molar-refractivity contribution in [2.24, 2.45) is 0 Å². The Morgan fingerprint density at radius 2 is 2.05 bits per heavy atom. The number of aryl methyl sites for hydroxylation is 2. The molecule has 1 aromatic carbocycles. The molecule has 0 aliphatic heterocycles. The standard InChI is InChI=1S/C17H25N3O/c1-14(18-3)4-5-16-6-8-17(9-7-16)21-13-12-20-11-10-19-15(20)2/h6-11,14,18H,4-5,12-13H2,1-3H3. The third-order valence-electron chi connectivity index (χ3n) is 3.81. The van der Waals surface area contributed by atoms with Crippen molar-refractivity contribution in [3.8, 4) is 5.75 Å². The summed E-state index contributed by atoms with van der Waals surface area (Å²) in [5.41, 5.74) is 1.36. The van der Waals surface area contributed by atoms with Crippen LogP contribution in [0.15, 0.2) is 36.7 Å². The van der Waals surface area contributed by atoms with E-state index in [9.17, 15) is 0 Å². The van der Waals surface area contributed by atoms with Crippen molar-refractivity contribution in [2.45, 2.75) is 39.3 Å². The van der Waals surface area contributed by atoms with Gasteiger partial charge in [0.05, 0.1) is 6.54 Å². The molecular weight excluding hydrogens is 262 g/mol. The highest BCUT2D eigenvalue weighted by Crippen LogP contribution is 2.14. The van der Waals surface area contributed by atoms with Crippen molar-refractivity contribution >= 4 is 0 Å². The highest BCUT2D eigenvalue weighted by atomic mass is 16.5. The number of benzene rings is 1. The Balaban J connectivity index is 1.76. The van der Waals surface area contributed by atoms with Crippen LogP contribution in [0.4, 0.5) is 0 Å². The average molecular weight is 287 g/mol. The first-order valence-corrected chi connectivity index (χ1v) is 7.56. The lowest BCUT2D eigenvalue weighted by Crippen LogP contribution is -2.21. The molecule has 0 saturated carbocycles. The van der Waals surface area contributed by atoms with Crippen molar-refractivity contribution in [3.63, 3.8) is 0 Å². The monoisotopic (exact) mass is 287 g/mol. The predicted octanol–water partition coefficient (Wildman–Crippen LogP) is 2.81. The van der Waals surface area contributed by atoms with Crippen LogP contribution in [-0.4, -0.2) is 29.2 Å². The third-order valence-corrected chi connectivity index (χ3v) is 3.81. The van der Waals surface area contributed by atoms with Crippen LogP contribution in [0.2, 0.25) is 0 Å². The van der Waals surface area contributed by atoms with E-state index in [2.05, 4.69) is 46.1 Å². The topological polar surface area (TPSA) is 39.1 Å². The van der Waals surface area contributed by atoms with E-state index < -0.39 is 0 Å². The molecule has 1 N–H and O–H groups in total. The first-order valence-electron chi connectivity index (χ1n) is 7.56. The second-order valence-electron chi connectivity index (χ2n) is 5.39. The molecule has 1 atom stereocenters. The fraction of sp³-hybridized carbons (Fsp3) is 0.471. The molecule has 4 heteroatoms. The molecule has 0 saturated heterocycles. The quantitative estimate of drug-likeness (QED) is 0.811. The van der Waals surface area contributed by atoms with E-state index in [-0.39, 0.29) is 0 Å². The number of rotatable bonds is 8. The Labute approximate surface area is 127 Å². The molecule has 2 rings (SSSR count). The predicted molar refractivity (Wildman–Crippen MR) is 85.7 cm³/mol. The number of imidazole rings is 1. The first kappa shape index (κ1) is 15.6. The van der Waals surface area contributed by atoms with Crippen LogP contribution < -0.4 is 10.1 Å². The minimum atomic E-state index is 0.555. The van der Waals surface area contributed by atoms with Crippen molar-refractivity contribution in [3.05, 3.63) is 48.0 Å². The van der Waals surface area contributed by atoms with Gasteiger partial charge in [-0.1, -0.05) is 12.1 Å². The molecule has 114 valence electrons. The minimum absolute atomic E-state index is 0.555. The van der Waals surface area contributed by atoms with Gasteiger partial charge in [-0.2, -0.15) is 0 Å². The summed E-state index contributed by atoms with van der Waals surface area (Å²) in [6.07, 6.45) is 6.04. The van der Waals surface area contributed by atoms with Crippen molar-refractivity contribution in [2.75, 3.05) is 13.7 Å². The Morgan fingerprint density at radius 1 is 1.29 bits per heavy atom. The van der Waals surface area contributed by atoms with Gasteiger partial charge in [0.2, 0.25) is 0 Å². The summed E-state index contributed by atoms with van der Waals surface area (Å²) in [7, 11) is 2.00. The molecule has 1 unspecified atom stereocenters. The number of hydrogen-bond donors (Lipinski definition) is 1. The summed E-state index contributed by atoms with van der Waals surface area (Å²) in [6, 6.07) is 8.97. The molecule has 0 fully saturated rings. The maximum absolute atomic E-state index is 5.78. The summed E-state index contributed by atoms with van der Waals surface area (Å²) in [5.74, 6) is 1.95. The van der Waals surface area contributed by atoms with Crippen LogP contribution in [0.3, 0.4) is 0 Å². The van der Waals surface area contributed by atoms with E-state index >= 15 is 0 Å². The van der Waals surface area contributed by atoms with Crippen LogP contribution in [-0.2, 0) is 13.0 Å². The number of nitrogens with zero attached hydrogens (tertiary/aromatic N) is 2. The van der Waals surface area contributed by atoms with Gasteiger partial charge in [-0.3, -0.25) is 0 Å². The molecule has 0 aliphatic carbocycles. The lowest BCUT2D eigenvalue weighted by Gasteiger charge is -2.11. The number of ether oxygens (including phenoxy) is 1. The summed E-state index contributed by atoms with van der Waals surface area (Å²) in [6.45, 7) is 5.69. The van der Waals surface area contributed by atoms with Crippen LogP contribution in [0, 0.1) is 6.92 Å². The Hall–Kier alpha value is -1.81. The third kappa shape index (κ3) is 4.90. The highest BCUT2D eigenvalue weighted by molar-refractivity contribution is 5.27. The molecule has 1 aromatic heterocycles. The maximum Gasteiger partial charge on any atom is 0.119 e. The molecule has 0 radical (unpaired) electrons. The average Bonchev–Trinajstić information content (AvgIpc) is 2.91. The second kappa shape index (κ2) is 7.84. The smallest absolute Gasteiger partial charge is 0.119 e.